The van der Waals surface area contributed by atoms with E-state index in [0.29, 0.717) is 24.3 Å². The minimum atomic E-state index is 0.201. The molecule has 0 radical (unpaired) electrons. The number of carbonyl (C=O) groups excluding carboxylic acids is 2. The molecule has 0 aromatic heterocycles. The van der Waals surface area contributed by atoms with Crippen LogP contribution in [0.2, 0.25) is 0 Å². The maximum absolute atomic E-state index is 12.5. The van der Waals surface area contributed by atoms with Crippen molar-refractivity contribution in [2.75, 3.05) is 26.2 Å². The van der Waals surface area contributed by atoms with Crippen LogP contribution in [0.5, 0.6) is 0 Å². The fraction of sp³-hybridized carbons (Fsp3) is 0.895. The average Bonchev–Trinajstić information content (AvgIpc) is 2.77. The molecule has 5 heteroatoms. The molecule has 3 fully saturated rings. The lowest BCUT2D eigenvalue weighted by atomic mass is 9.99. The monoisotopic (exact) mass is 335 g/mol. The van der Waals surface area contributed by atoms with Crippen molar-refractivity contribution in [2.45, 2.75) is 70.3 Å². The summed E-state index contributed by atoms with van der Waals surface area (Å²) in [7, 11) is 0. The summed E-state index contributed by atoms with van der Waals surface area (Å²) in [6, 6.07) is 0.325. The fourth-order valence-corrected chi connectivity index (χ4v) is 4.51. The van der Waals surface area contributed by atoms with Crippen molar-refractivity contribution in [3.8, 4) is 0 Å². The minimum absolute atomic E-state index is 0.201. The van der Waals surface area contributed by atoms with Gasteiger partial charge in [-0.1, -0.05) is 25.7 Å². The predicted octanol–water partition coefficient (Wildman–Crippen LogP) is 2.06. The molecule has 1 saturated carbocycles. The summed E-state index contributed by atoms with van der Waals surface area (Å²) < 4.78 is 0. The van der Waals surface area contributed by atoms with Crippen molar-refractivity contribution in [3.05, 3.63) is 0 Å². The maximum Gasteiger partial charge on any atom is 0.223 e. The topological polar surface area (TPSA) is 61.4 Å². The number of hydrogen-bond acceptors (Lipinski definition) is 3. The van der Waals surface area contributed by atoms with Gasteiger partial charge in [-0.2, -0.15) is 0 Å². The van der Waals surface area contributed by atoms with E-state index < -0.39 is 0 Å². The molecule has 2 aliphatic heterocycles. The molecule has 2 heterocycles. The average molecular weight is 335 g/mol. The van der Waals surface area contributed by atoms with Gasteiger partial charge in [0.25, 0.3) is 0 Å². The van der Waals surface area contributed by atoms with E-state index in [4.69, 9.17) is 0 Å². The number of rotatable bonds is 4. The highest BCUT2D eigenvalue weighted by atomic mass is 16.2. The van der Waals surface area contributed by atoms with Gasteiger partial charge in [-0.15, -0.1) is 0 Å². The summed E-state index contributed by atoms with van der Waals surface area (Å²) in [6.07, 6.45) is 11.0. The Balaban J connectivity index is 1.40. The predicted molar refractivity (Wildman–Crippen MR) is 94.5 cm³/mol. The molecular weight excluding hydrogens is 302 g/mol. The van der Waals surface area contributed by atoms with Gasteiger partial charge >= 0.3 is 0 Å². The molecular formula is C19H33N3O2. The van der Waals surface area contributed by atoms with Crippen LogP contribution in [0, 0.1) is 11.8 Å². The first-order valence-electron chi connectivity index (χ1n) is 10.00. The number of hydrogen-bond donors (Lipinski definition) is 2. The largest absolute Gasteiger partial charge is 0.356 e. The minimum Gasteiger partial charge on any atom is -0.356 e. The van der Waals surface area contributed by atoms with Gasteiger partial charge in [-0.3, -0.25) is 9.59 Å². The summed E-state index contributed by atoms with van der Waals surface area (Å²) in [5, 5.41) is 6.28. The third kappa shape index (κ3) is 5.20. The van der Waals surface area contributed by atoms with Crippen LogP contribution in [0.25, 0.3) is 0 Å². The van der Waals surface area contributed by atoms with Crippen LogP contribution in [-0.2, 0) is 9.59 Å². The normalized spacial score (nSPS) is 30.4. The zero-order chi connectivity index (χ0) is 16.8. The fourth-order valence-electron chi connectivity index (χ4n) is 4.51. The molecule has 136 valence electrons. The number of amides is 2. The Morgan fingerprint density at radius 3 is 2.67 bits per heavy atom. The Morgan fingerprint density at radius 2 is 1.88 bits per heavy atom. The first kappa shape index (κ1) is 17.7. The smallest absolute Gasteiger partial charge is 0.223 e. The van der Waals surface area contributed by atoms with Crippen molar-refractivity contribution in [1.82, 2.24) is 15.5 Å². The Labute approximate surface area is 145 Å². The number of nitrogens with one attached hydrogen (secondary N) is 2. The lowest BCUT2D eigenvalue weighted by Gasteiger charge is -2.23. The summed E-state index contributed by atoms with van der Waals surface area (Å²) in [5.41, 5.74) is 0. The van der Waals surface area contributed by atoms with Crippen molar-refractivity contribution in [2.24, 2.45) is 11.8 Å². The highest BCUT2D eigenvalue weighted by molar-refractivity contribution is 5.79. The first-order chi connectivity index (χ1) is 11.7. The molecule has 2 atom stereocenters. The Hall–Kier alpha value is -1.10. The molecule has 1 aliphatic carbocycles. The summed E-state index contributed by atoms with van der Waals surface area (Å²) in [5.74, 6) is 1.36. The zero-order valence-corrected chi connectivity index (χ0v) is 14.9. The molecule has 2 saturated heterocycles. The molecule has 0 spiro atoms. The van der Waals surface area contributed by atoms with Gasteiger partial charge in [-0.25, -0.2) is 0 Å². The lowest BCUT2D eigenvalue weighted by Crippen LogP contribution is -2.41. The molecule has 5 nitrogen and oxygen atoms in total. The molecule has 2 amide bonds. The highest BCUT2D eigenvalue weighted by Gasteiger charge is 2.29. The van der Waals surface area contributed by atoms with E-state index >= 15 is 0 Å². The van der Waals surface area contributed by atoms with Crippen LogP contribution in [0.1, 0.15) is 64.2 Å². The Kier molecular flexibility index (Phi) is 6.52. The van der Waals surface area contributed by atoms with Gasteiger partial charge in [0.2, 0.25) is 11.8 Å². The van der Waals surface area contributed by atoms with Gasteiger partial charge in [-0.05, 0) is 38.0 Å². The summed E-state index contributed by atoms with van der Waals surface area (Å²) >= 11 is 0. The third-order valence-corrected chi connectivity index (χ3v) is 6.02. The summed E-state index contributed by atoms with van der Waals surface area (Å²) in [6.45, 7) is 3.95. The van der Waals surface area contributed by atoms with E-state index in [-0.39, 0.29) is 11.8 Å². The van der Waals surface area contributed by atoms with Crippen LogP contribution < -0.4 is 10.6 Å². The zero-order valence-electron chi connectivity index (χ0n) is 14.9. The van der Waals surface area contributed by atoms with Crippen LogP contribution in [0.3, 0.4) is 0 Å². The standard InChI is InChI=1S/C19H33N3O2/c23-18-8-7-15(9-11-20-18)13-22-12-10-17(14-22)21-19(24)16-5-3-1-2-4-6-16/h15-17H,1-14H2,(H,20,23)(H,21,24). The van der Waals surface area contributed by atoms with Crippen molar-refractivity contribution in [1.29, 1.82) is 0 Å². The van der Waals surface area contributed by atoms with E-state index in [1.54, 1.807) is 0 Å². The van der Waals surface area contributed by atoms with Crippen LogP contribution in [0.4, 0.5) is 0 Å². The second kappa shape index (κ2) is 8.84. The molecule has 0 aromatic carbocycles. The third-order valence-electron chi connectivity index (χ3n) is 6.02. The van der Waals surface area contributed by atoms with Crippen LogP contribution >= 0.6 is 0 Å². The van der Waals surface area contributed by atoms with Crippen LogP contribution in [-0.4, -0.2) is 48.9 Å². The number of likely N-dealkylation sites (tertiary alicyclic amines) is 1. The molecule has 24 heavy (non-hydrogen) atoms. The van der Waals surface area contributed by atoms with Gasteiger partial charge in [0.1, 0.15) is 0 Å². The highest BCUT2D eigenvalue weighted by Crippen LogP contribution is 2.24. The van der Waals surface area contributed by atoms with Gasteiger partial charge in [0, 0.05) is 44.6 Å². The van der Waals surface area contributed by atoms with Crippen molar-refractivity contribution < 1.29 is 9.59 Å². The molecule has 2 N–H and O–H groups in total. The molecule has 3 aliphatic rings. The van der Waals surface area contributed by atoms with Crippen LogP contribution in [0.15, 0.2) is 0 Å². The first-order valence-corrected chi connectivity index (χ1v) is 10.00. The van der Waals surface area contributed by atoms with Gasteiger partial charge in [0.15, 0.2) is 0 Å². The van der Waals surface area contributed by atoms with E-state index in [1.165, 1.54) is 25.7 Å². The van der Waals surface area contributed by atoms with E-state index in [0.717, 1.165) is 58.3 Å². The molecule has 0 bridgehead atoms. The Morgan fingerprint density at radius 1 is 1.08 bits per heavy atom. The second-order valence-corrected chi connectivity index (χ2v) is 7.99. The van der Waals surface area contributed by atoms with E-state index in [1.807, 2.05) is 0 Å². The quantitative estimate of drug-likeness (QED) is 0.773. The van der Waals surface area contributed by atoms with Crippen molar-refractivity contribution in [3.63, 3.8) is 0 Å². The maximum atomic E-state index is 12.5. The molecule has 2 unspecified atom stereocenters. The summed E-state index contributed by atoms with van der Waals surface area (Å²) in [4.78, 5) is 26.4. The second-order valence-electron chi connectivity index (χ2n) is 7.99. The van der Waals surface area contributed by atoms with E-state index in [2.05, 4.69) is 15.5 Å². The lowest BCUT2D eigenvalue weighted by molar-refractivity contribution is -0.126. The number of carbonyl (C=O) groups is 2. The van der Waals surface area contributed by atoms with Gasteiger partial charge in [0.05, 0.1) is 0 Å². The molecule has 3 rings (SSSR count). The van der Waals surface area contributed by atoms with Gasteiger partial charge < -0.3 is 15.5 Å². The SMILES string of the molecule is O=C1CCC(CN2CCC(NC(=O)C3CCCCCC3)C2)CCN1. The Bertz CT molecular complexity index is 432. The number of nitrogens with zero attached hydrogens (tertiary/aromatic N) is 1. The van der Waals surface area contributed by atoms with E-state index in [9.17, 15) is 9.59 Å². The van der Waals surface area contributed by atoms with Crippen molar-refractivity contribution >= 4 is 11.8 Å². The molecule has 0 aromatic rings.